The molecule has 1 aliphatic carbocycles. The van der Waals surface area contributed by atoms with Crippen molar-refractivity contribution in [3.63, 3.8) is 0 Å². The lowest BCUT2D eigenvalue weighted by molar-refractivity contribution is -0.122. The molecule has 4 aromatic rings. The number of hydrogen-bond donors (Lipinski definition) is 2. The van der Waals surface area contributed by atoms with Crippen LogP contribution in [0.2, 0.25) is 0 Å². The first kappa shape index (κ1) is 23.2. The molecule has 2 aliphatic rings. The van der Waals surface area contributed by atoms with Gasteiger partial charge in [0.25, 0.3) is 0 Å². The first-order chi connectivity index (χ1) is 18.2. The highest BCUT2D eigenvalue weighted by molar-refractivity contribution is 5.85. The molecule has 1 fully saturated rings. The fourth-order valence-electron chi connectivity index (χ4n) is 4.78. The average molecular weight is 491 g/mol. The summed E-state index contributed by atoms with van der Waals surface area (Å²) < 4.78 is 0. The minimum absolute atomic E-state index is 0.0118. The van der Waals surface area contributed by atoms with Crippen LogP contribution in [-0.2, 0) is 17.6 Å². The molecule has 1 saturated carbocycles. The Morgan fingerprint density at radius 2 is 1.78 bits per heavy atom. The van der Waals surface area contributed by atoms with Gasteiger partial charge in [0.2, 0.25) is 11.9 Å². The summed E-state index contributed by atoms with van der Waals surface area (Å²) in [5.41, 5.74) is 5.46. The third kappa shape index (κ3) is 5.45. The summed E-state index contributed by atoms with van der Waals surface area (Å²) in [4.78, 5) is 29.4. The van der Waals surface area contributed by atoms with E-state index >= 15 is 0 Å². The monoisotopic (exact) mass is 490 g/mol. The van der Waals surface area contributed by atoms with Crippen LogP contribution in [0.1, 0.15) is 30.4 Å². The van der Waals surface area contributed by atoms with Gasteiger partial charge in [0.15, 0.2) is 0 Å². The number of aryl methyl sites for hydroxylation is 1. The fraction of sp³-hybridized carbons (Fsp3) is 0.267. The number of nitrogens with one attached hydrogen (secondary N) is 2. The zero-order chi connectivity index (χ0) is 25.0. The fourth-order valence-corrected chi connectivity index (χ4v) is 4.78. The Morgan fingerprint density at radius 1 is 1.00 bits per heavy atom. The van der Waals surface area contributed by atoms with Crippen molar-refractivity contribution in [2.45, 2.75) is 44.2 Å². The Kier molecular flexibility index (Phi) is 6.50. The lowest BCUT2D eigenvalue weighted by atomic mass is 10.0. The van der Waals surface area contributed by atoms with Gasteiger partial charge in [-0.1, -0.05) is 60.7 Å². The van der Waals surface area contributed by atoms with Crippen molar-refractivity contribution < 1.29 is 4.79 Å². The number of aromatic nitrogens is 3. The molecule has 1 aliphatic heterocycles. The van der Waals surface area contributed by atoms with Crippen LogP contribution in [0.3, 0.4) is 0 Å². The van der Waals surface area contributed by atoms with Gasteiger partial charge in [0.1, 0.15) is 11.9 Å². The molecule has 1 atom stereocenters. The minimum Gasteiger partial charge on any atom is -0.352 e. The quantitative estimate of drug-likeness (QED) is 0.365. The average Bonchev–Trinajstić information content (AvgIpc) is 3.77. The molecule has 0 unspecified atom stereocenters. The Morgan fingerprint density at radius 3 is 2.57 bits per heavy atom. The SMILES string of the molecule is O=C(NC1CC1)[C@@H](Cc1ccccc1)Nc1nccc(N2CCCc3cnc(-c4ccccc4)cc32)n1. The van der Waals surface area contributed by atoms with E-state index in [4.69, 9.17) is 9.97 Å². The standard InChI is InChI=1S/C30H30N6O/c37-29(33-24-13-14-24)26(18-21-8-3-1-4-9-21)34-30-31-16-15-28(35-30)36-17-7-12-23-20-32-25(19-27(23)36)22-10-5-2-6-11-22/h1-6,8-11,15-16,19-20,24,26H,7,12-14,17-18H2,(H,33,37)(H,31,34,35)/t26-/m1/s1. The molecule has 186 valence electrons. The van der Waals surface area contributed by atoms with Crippen LogP contribution in [0, 0.1) is 0 Å². The third-order valence-corrected chi connectivity index (χ3v) is 6.89. The van der Waals surface area contributed by atoms with Crippen LogP contribution >= 0.6 is 0 Å². The van der Waals surface area contributed by atoms with E-state index in [9.17, 15) is 4.79 Å². The topological polar surface area (TPSA) is 83.0 Å². The van der Waals surface area contributed by atoms with E-state index in [1.165, 1.54) is 5.56 Å². The molecule has 2 aromatic heterocycles. The molecule has 0 radical (unpaired) electrons. The predicted octanol–water partition coefficient (Wildman–Crippen LogP) is 4.92. The van der Waals surface area contributed by atoms with Crippen LogP contribution < -0.4 is 15.5 Å². The molecule has 7 nitrogen and oxygen atoms in total. The van der Waals surface area contributed by atoms with Gasteiger partial charge in [-0.15, -0.1) is 0 Å². The number of rotatable bonds is 8. The molecular formula is C30H30N6O. The van der Waals surface area contributed by atoms with Gasteiger partial charge in [-0.2, -0.15) is 4.98 Å². The maximum absolute atomic E-state index is 13.1. The number of carbonyl (C=O) groups excluding carboxylic acids is 1. The Hall–Kier alpha value is -4.26. The lowest BCUT2D eigenvalue weighted by Gasteiger charge is -2.31. The van der Waals surface area contributed by atoms with Crippen molar-refractivity contribution in [1.82, 2.24) is 20.3 Å². The summed E-state index contributed by atoms with van der Waals surface area (Å²) in [6.07, 6.45) is 8.41. The minimum atomic E-state index is -0.458. The zero-order valence-electron chi connectivity index (χ0n) is 20.7. The van der Waals surface area contributed by atoms with E-state index in [1.54, 1.807) is 6.20 Å². The van der Waals surface area contributed by atoms with Crippen molar-refractivity contribution in [2.24, 2.45) is 0 Å². The summed E-state index contributed by atoms with van der Waals surface area (Å²) >= 11 is 0. The first-order valence-corrected chi connectivity index (χ1v) is 13.0. The van der Waals surface area contributed by atoms with Gasteiger partial charge >= 0.3 is 0 Å². The highest BCUT2D eigenvalue weighted by Crippen LogP contribution is 2.35. The van der Waals surface area contributed by atoms with E-state index in [-0.39, 0.29) is 11.9 Å². The van der Waals surface area contributed by atoms with Gasteiger partial charge in [0, 0.05) is 42.7 Å². The van der Waals surface area contributed by atoms with Gasteiger partial charge in [-0.25, -0.2) is 4.98 Å². The maximum Gasteiger partial charge on any atom is 0.243 e. The van der Waals surface area contributed by atoms with Gasteiger partial charge in [0.05, 0.1) is 5.69 Å². The summed E-state index contributed by atoms with van der Waals surface area (Å²) in [5, 5.41) is 6.46. The smallest absolute Gasteiger partial charge is 0.243 e. The highest BCUT2D eigenvalue weighted by Gasteiger charge is 2.28. The molecule has 7 heteroatoms. The van der Waals surface area contributed by atoms with Crippen molar-refractivity contribution in [3.05, 3.63) is 96.3 Å². The summed E-state index contributed by atoms with van der Waals surface area (Å²) in [6.45, 7) is 0.858. The van der Waals surface area contributed by atoms with Crippen molar-refractivity contribution in [1.29, 1.82) is 0 Å². The van der Waals surface area contributed by atoms with Crippen molar-refractivity contribution in [2.75, 3.05) is 16.8 Å². The van der Waals surface area contributed by atoms with Gasteiger partial charge < -0.3 is 15.5 Å². The van der Waals surface area contributed by atoms with Crippen LogP contribution in [0.15, 0.2) is 85.2 Å². The molecule has 37 heavy (non-hydrogen) atoms. The predicted molar refractivity (Wildman–Crippen MR) is 146 cm³/mol. The number of hydrogen-bond acceptors (Lipinski definition) is 6. The van der Waals surface area contributed by atoms with Crippen LogP contribution in [-0.4, -0.2) is 39.5 Å². The van der Waals surface area contributed by atoms with Gasteiger partial charge in [-0.05, 0) is 48.9 Å². The number of amides is 1. The van der Waals surface area contributed by atoms with E-state index in [2.05, 4.69) is 38.7 Å². The normalized spacial score (nSPS) is 15.5. The van der Waals surface area contributed by atoms with E-state index in [1.807, 2.05) is 60.8 Å². The van der Waals surface area contributed by atoms with E-state index in [0.29, 0.717) is 12.4 Å². The number of nitrogens with zero attached hydrogens (tertiary/aromatic N) is 4. The molecule has 0 spiro atoms. The summed E-state index contributed by atoms with van der Waals surface area (Å²) in [7, 11) is 0. The van der Waals surface area contributed by atoms with Crippen LogP contribution in [0.25, 0.3) is 11.3 Å². The number of anilines is 3. The number of carbonyl (C=O) groups is 1. The second-order valence-corrected chi connectivity index (χ2v) is 9.73. The highest BCUT2D eigenvalue weighted by atomic mass is 16.2. The van der Waals surface area contributed by atoms with Crippen LogP contribution in [0.5, 0.6) is 0 Å². The van der Waals surface area contributed by atoms with Gasteiger partial charge in [-0.3, -0.25) is 9.78 Å². The Balaban J connectivity index is 1.27. The molecular weight excluding hydrogens is 460 g/mol. The lowest BCUT2D eigenvalue weighted by Crippen LogP contribution is -2.42. The Labute approximate surface area is 217 Å². The largest absolute Gasteiger partial charge is 0.352 e. The summed E-state index contributed by atoms with van der Waals surface area (Å²) in [6, 6.07) is 24.2. The van der Waals surface area contributed by atoms with Crippen molar-refractivity contribution >= 4 is 23.4 Å². The molecule has 6 rings (SSSR count). The van der Waals surface area contributed by atoms with E-state index < -0.39 is 6.04 Å². The molecule has 2 aromatic carbocycles. The molecule has 3 heterocycles. The maximum atomic E-state index is 13.1. The van der Waals surface area contributed by atoms with E-state index in [0.717, 1.165) is 60.6 Å². The molecule has 0 bridgehead atoms. The van der Waals surface area contributed by atoms with Crippen molar-refractivity contribution in [3.8, 4) is 11.3 Å². The third-order valence-electron chi connectivity index (χ3n) is 6.89. The number of fused-ring (bicyclic) bond motifs is 1. The zero-order valence-corrected chi connectivity index (χ0v) is 20.7. The second-order valence-electron chi connectivity index (χ2n) is 9.73. The second kappa shape index (κ2) is 10.4. The number of pyridine rings is 1. The number of benzene rings is 2. The Bertz CT molecular complexity index is 1370. The first-order valence-electron chi connectivity index (χ1n) is 13.0. The molecule has 1 amide bonds. The molecule has 2 N–H and O–H groups in total. The van der Waals surface area contributed by atoms with Crippen LogP contribution in [0.4, 0.5) is 17.5 Å². The molecule has 0 saturated heterocycles. The summed E-state index contributed by atoms with van der Waals surface area (Å²) in [5.74, 6) is 1.25.